The van der Waals surface area contributed by atoms with Gasteiger partial charge in [0.25, 0.3) is 5.91 Å². The highest BCUT2D eigenvalue weighted by molar-refractivity contribution is 6.01. The van der Waals surface area contributed by atoms with Gasteiger partial charge < -0.3 is 28.7 Å². The molecule has 0 saturated heterocycles. The van der Waals surface area contributed by atoms with E-state index in [2.05, 4.69) is 5.32 Å². The van der Waals surface area contributed by atoms with Crippen LogP contribution in [-0.4, -0.2) is 32.2 Å². The van der Waals surface area contributed by atoms with Crippen LogP contribution in [0.5, 0.6) is 23.0 Å². The van der Waals surface area contributed by atoms with E-state index in [1.165, 1.54) is 25.5 Å². The number of para-hydroxylation sites is 2. The second kappa shape index (κ2) is 12.5. The molecule has 0 saturated carbocycles. The summed E-state index contributed by atoms with van der Waals surface area (Å²) in [4.78, 5) is 24.7. The highest BCUT2D eigenvalue weighted by Crippen LogP contribution is 2.30. The van der Waals surface area contributed by atoms with Gasteiger partial charge in [-0.25, -0.2) is 4.79 Å². The number of hydrogen-bond donors (Lipinski definition) is 1. The van der Waals surface area contributed by atoms with Gasteiger partial charge in [-0.15, -0.1) is 0 Å². The van der Waals surface area contributed by atoms with E-state index in [0.717, 1.165) is 0 Å². The number of amides is 1. The molecule has 0 aliphatic rings. The maximum Gasteiger partial charge on any atom is 0.349 e. The van der Waals surface area contributed by atoms with Crippen LogP contribution >= 0.6 is 0 Å². The van der Waals surface area contributed by atoms with E-state index in [4.69, 9.17) is 23.4 Å². The summed E-state index contributed by atoms with van der Waals surface area (Å²) in [6, 6.07) is 16.9. The molecule has 180 valence electrons. The molecule has 0 bridgehead atoms. The summed E-state index contributed by atoms with van der Waals surface area (Å²) in [5.41, 5.74) is 0.414. The molecule has 1 aromatic heterocycles. The summed E-state index contributed by atoms with van der Waals surface area (Å²) in [5, 5.41) is 12.0. The zero-order valence-corrected chi connectivity index (χ0v) is 19.3. The molecule has 1 amide bonds. The molecule has 0 radical (unpaired) electrons. The molecule has 3 rings (SSSR count). The highest BCUT2D eigenvalue weighted by atomic mass is 16.6. The van der Waals surface area contributed by atoms with Crippen molar-refractivity contribution in [2.75, 3.05) is 20.3 Å². The number of hydrogen-bond acceptors (Lipinski definition) is 8. The number of rotatable bonds is 11. The number of furan rings is 1. The van der Waals surface area contributed by atoms with Crippen molar-refractivity contribution in [2.45, 2.75) is 13.5 Å². The summed E-state index contributed by atoms with van der Waals surface area (Å²) >= 11 is 0. The molecule has 9 heteroatoms. The predicted octanol–water partition coefficient (Wildman–Crippen LogP) is 3.89. The summed E-state index contributed by atoms with van der Waals surface area (Å²) in [6.45, 7) is 1.90. The van der Waals surface area contributed by atoms with Gasteiger partial charge in [0, 0.05) is 0 Å². The summed E-state index contributed by atoms with van der Waals surface area (Å²) in [5.74, 6) is 0.731. The molecule has 0 fully saturated rings. The Hall–Kier alpha value is -4.71. The number of nitriles is 1. The molecule has 0 aliphatic carbocycles. The summed E-state index contributed by atoms with van der Waals surface area (Å²) in [6.07, 6.45) is 2.91. The molecule has 3 aromatic rings. The van der Waals surface area contributed by atoms with Crippen molar-refractivity contribution in [3.05, 3.63) is 77.8 Å². The normalized spacial score (nSPS) is 10.7. The lowest BCUT2D eigenvalue weighted by Gasteiger charge is -2.13. The molecule has 0 spiro atoms. The van der Waals surface area contributed by atoms with Crippen LogP contribution in [0.4, 0.5) is 0 Å². The van der Waals surface area contributed by atoms with Crippen molar-refractivity contribution in [1.29, 1.82) is 5.26 Å². The van der Waals surface area contributed by atoms with E-state index in [1.807, 2.05) is 6.07 Å². The van der Waals surface area contributed by atoms with E-state index in [-0.39, 0.29) is 30.2 Å². The fraction of sp³-hybridized carbons (Fsp3) is 0.192. The zero-order valence-electron chi connectivity index (χ0n) is 19.3. The van der Waals surface area contributed by atoms with Crippen molar-refractivity contribution >= 4 is 18.0 Å². The fourth-order valence-electron chi connectivity index (χ4n) is 2.98. The second-order valence-corrected chi connectivity index (χ2v) is 6.98. The van der Waals surface area contributed by atoms with Gasteiger partial charge in [0.2, 0.25) is 0 Å². The summed E-state index contributed by atoms with van der Waals surface area (Å²) < 4.78 is 26.8. The van der Waals surface area contributed by atoms with Gasteiger partial charge in [-0.1, -0.05) is 18.2 Å². The van der Waals surface area contributed by atoms with E-state index in [0.29, 0.717) is 29.4 Å². The molecule has 35 heavy (non-hydrogen) atoms. The average molecular weight is 476 g/mol. The monoisotopic (exact) mass is 476 g/mol. The van der Waals surface area contributed by atoms with Crippen LogP contribution in [0, 0.1) is 11.3 Å². The Labute approximate surface area is 202 Å². The molecular weight excluding hydrogens is 452 g/mol. The Kier molecular flexibility index (Phi) is 8.91. The lowest BCUT2D eigenvalue weighted by atomic mass is 10.1. The highest BCUT2D eigenvalue weighted by Gasteiger charge is 2.15. The minimum Gasteiger partial charge on any atom is -0.493 e. The van der Waals surface area contributed by atoms with Gasteiger partial charge in [-0.05, 0) is 55.0 Å². The predicted molar refractivity (Wildman–Crippen MR) is 126 cm³/mol. The molecule has 9 nitrogen and oxygen atoms in total. The van der Waals surface area contributed by atoms with E-state index in [9.17, 15) is 14.9 Å². The minimum atomic E-state index is -0.643. The number of carbonyl (C=O) groups is 2. The minimum absolute atomic E-state index is 0.103. The number of carbonyl (C=O) groups excluding carboxylic acids is 2. The Morgan fingerprint density at radius 1 is 1.03 bits per heavy atom. The van der Waals surface area contributed by atoms with Crippen LogP contribution in [0.2, 0.25) is 0 Å². The molecule has 1 N–H and O–H groups in total. The largest absolute Gasteiger partial charge is 0.493 e. The Morgan fingerprint density at radius 3 is 2.51 bits per heavy atom. The molecule has 0 unspecified atom stereocenters. The van der Waals surface area contributed by atoms with Crippen LogP contribution in [0.1, 0.15) is 18.2 Å². The van der Waals surface area contributed by atoms with Crippen LogP contribution in [0.25, 0.3) is 6.08 Å². The second-order valence-electron chi connectivity index (χ2n) is 6.98. The number of ether oxygens (including phenoxy) is 4. The van der Waals surface area contributed by atoms with Crippen LogP contribution < -0.4 is 24.3 Å². The van der Waals surface area contributed by atoms with Gasteiger partial charge in [0.05, 0.1) is 26.5 Å². The topological polar surface area (TPSA) is 120 Å². The van der Waals surface area contributed by atoms with Gasteiger partial charge in [0.15, 0.2) is 29.6 Å². The first-order valence-electron chi connectivity index (χ1n) is 10.7. The van der Waals surface area contributed by atoms with Crippen molar-refractivity contribution in [2.24, 2.45) is 0 Å². The van der Waals surface area contributed by atoms with E-state index < -0.39 is 11.9 Å². The summed E-state index contributed by atoms with van der Waals surface area (Å²) in [7, 11) is 1.51. The third kappa shape index (κ3) is 7.14. The number of nitrogens with zero attached hydrogens (tertiary/aromatic N) is 1. The van der Waals surface area contributed by atoms with Crippen molar-refractivity contribution in [3.8, 4) is 29.1 Å². The van der Waals surface area contributed by atoms with Crippen molar-refractivity contribution in [3.63, 3.8) is 0 Å². The van der Waals surface area contributed by atoms with Crippen LogP contribution in [0.15, 0.2) is 70.9 Å². The first-order valence-corrected chi connectivity index (χ1v) is 10.7. The van der Waals surface area contributed by atoms with Gasteiger partial charge in [0.1, 0.15) is 17.4 Å². The van der Waals surface area contributed by atoms with Crippen molar-refractivity contribution < 1.29 is 33.0 Å². The van der Waals surface area contributed by atoms with E-state index >= 15 is 0 Å². The Balaban J connectivity index is 1.68. The molecule has 0 atom stereocenters. The fourth-order valence-corrected chi connectivity index (χ4v) is 2.98. The lowest BCUT2D eigenvalue weighted by Crippen LogP contribution is -2.23. The van der Waals surface area contributed by atoms with Gasteiger partial charge >= 0.3 is 5.97 Å². The third-order valence-corrected chi connectivity index (χ3v) is 4.59. The number of esters is 1. The standard InChI is InChI=1S/C26H24N2O7/c1-3-32-24-14-18(13-19(15-27)26(30)28-16-20-7-6-12-33-20)10-11-23(24)35-25(29)17-34-22-9-5-4-8-21(22)31-2/h4-14H,3,16-17H2,1-2H3,(H,28,30)/b19-13+. The smallest absolute Gasteiger partial charge is 0.349 e. The molecule has 2 aromatic carbocycles. The Morgan fingerprint density at radius 2 is 1.83 bits per heavy atom. The SMILES string of the molecule is CCOc1cc(/C=C(\C#N)C(=O)NCc2ccco2)ccc1OC(=O)COc1ccccc1OC. The molecular formula is C26H24N2O7. The zero-order chi connectivity index (χ0) is 25.0. The first-order chi connectivity index (χ1) is 17.0. The maximum atomic E-state index is 12.4. The number of benzene rings is 2. The van der Waals surface area contributed by atoms with Crippen LogP contribution in [-0.2, 0) is 16.1 Å². The Bertz CT molecular complexity index is 1230. The van der Waals surface area contributed by atoms with Gasteiger partial charge in [-0.2, -0.15) is 5.26 Å². The quantitative estimate of drug-likeness (QED) is 0.192. The van der Waals surface area contributed by atoms with Crippen molar-refractivity contribution in [1.82, 2.24) is 5.32 Å². The van der Waals surface area contributed by atoms with Crippen LogP contribution in [0.3, 0.4) is 0 Å². The van der Waals surface area contributed by atoms with Gasteiger partial charge in [-0.3, -0.25) is 4.79 Å². The average Bonchev–Trinajstić information content (AvgIpc) is 3.40. The lowest BCUT2D eigenvalue weighted by molar-refractivity contribution is -0.136. The number of nitrogens with one attached hydrogen (secondary N) is 1. The number of methoxy groups -OCH3 is 1. The first kappa shape index (κ1) is 24.9. The molecule has 0 aliphatic heterocycles. The molecule has 1 heterocycles. The van der Waals surface area contributed by atoms with E-state index in [1.54, 1.807) is 55.5 Å². The maximum absolute atomic E-state index is 12.4. The third-order valence-electron chi connectivity index (χ3n) is 4.59.